The lowest BCUT2D eigenvalue weighted by molar-refractivity contribution is -0.161. The summed E-state index contributed by atoms with van der Waals surface area (Å²) in [5.74, 6) is -1.08. The molecule has 0 heterocycles. The normalized spacial score (nSPS) is 13.6. The summed E-state index contributed by atoms with van der Waals surface area (Å²) in [7, 11) is -4.79. The van der Waals surface area contributed by atoms with E-state index in [2.05, 4.69) is 30.5 Å². The zero-order valence-electron chi connectivity index (χ0n) is 28.8. The molecule has 268 valence electrons. The number of allylic oxidation sites excluding steroid dienone is 5. The Morgan fingerprint density at radius 3 is 1.85 bits per heavy atom. The molecule has 0 radical (unpaired) electrons. The number of aliphatic hydroxyl groups is 1. The lowest BCUT2D eigenvalue weighted by Crippen LogP contribution is -2.29. The summed E-state index contributed by atoms with van der Waals surface area (Å²) in [5.41, 5.74) is 0. The molecule has 0 aromatic heterocycles. The van der Waals surface area contributed by atoms with Crippen LogP contribution in [0.1, 0.15) is 155 Å². The fourth-order valence-electron chi connectivity index (χ4n) is 4.79. The van der Waals surface area contributed by atoms with Crippen LogP contribution in [0.25, 0.3) is 0 Å². The van der Waals surface area contributed by atoms with Crippen molar-refractivity contribution in [3.8, 4) is 0 Å². The van der Waals surface area contributed by atoms with E-state index in [1.54, 1.807) is 12.2 Å². The summed E-state index contributed by atoms with van der Waals surface area (Å²) in [6.45, 7) is 3.47. The first kappa shape index (κ1) is 44.2. The Kier molecular flexibility index (Phi) is 30.6. The van der Waals surface area contributed by atoms with Gasteiger partial charge in [0, 0.05) is 12.8 Å². The summed E-state index contributed by atoms with van der Waals surface area (Å²) in [6, 6.07) is 0. The third kappa shape index (κ3) is 33.6. The van der Waals surface area contributed by atoms with Gasteiger partial charge in [0.1, 0.15) is 6.61 Å². The minimum absolute atomic E-state index is 0.0444. The molecule has 3 N–H and O–H groups in total. The molecule has 10 heteroatoms. The Labute approximate surface area is 279 Å². The summed E-state index contributed by atoms with van der Waals surface area (Å²) in [6.07, 6.45) is 31.9. The van der Waals surface area contributed by atoms with Crippen molar-refractivity contribution in [3.05, 3.63) is 36.5 Å². The van der Waals surface area contributed by atoms with Gasteiger partial charge in [-0.3, -0.25) is 14.1 Å². The van der Waals surface area contributed by atoms with Crippen LogP contribution >= 0.6 is 7.82 Å². The highest BCUT2D eigenvalue weighted by atomic mass is 31.2. The first-order valence-electron chi connectivity index (χ1n) is 17.9. The number of hydrogen-bond acceptors (Lipinski definition) is 7. The zero-order chi connectivity index (χ0) is 34.1. The molecule has 0 amide bonds. The number of carbonyl (C=O) groups excluding carboxylic acids is 2. The average Bonchev–Trinajstić information content (AvgIpc) is 3.01. The largest absolute Gasteiger partial charge is 0.469 e. The highest BCUT2D eigenvalue weighted by molar-refractivity contribution is 7.46. The van der Waals surface area contributed by atoms with Crippen LogP contribution in [0.2, 0.25) is 0 Å². The smallest absolute Gasteiger partial charge is 0.462 e. The highest BCUT2D eigenvalue weighted by Crippen LogP contribution is 2.36. The van der Waals surface area contributed by atoms with Gasteiger partial charge in [0.2, 0.25) is 0 Å². The molecule has 0 aromatic rings. The molecule has 0 aliphatic heterocycles. The maximum Gasteiger partial charge on any atom is 0.469 e. The Hall–Kier alpha value is -1.77. The summed E-state index contributed by atoms with van der Waals surface area (Å²) in [5, 5.41) is 10.1. The van der Waals surface area contributed by atoms with E-state index >= 15 is 0 Å². The van der Waals surface area contributed by atoms with E-state index < -0.39 is 38.6 Å². The van der Waals surface area contributed by atoms with E-state index in [4.69, 9.17) is 19.3 Å². The van der Waals surface area contributed by atoms with E-state index in [1.165, 1.54) is 77.0 Å². The van der Waals surface area contributed by atoms with Gasteiger partial charge in [0.25, 0.3) is 0 Å². The fraction of sp³-hybridized carbons (Fsp3) is 0.778. The standard InChI is InChI=1S/C36H65O9P/c1-3-5-7-9-11-13-15-16-17-18-20-22-24-27-33(37)28-26-30-35(38)43-31-34(32-44-46(40,41)42)45-36(39)29-25-23-21-19-14-12-10-8-6-4-2/h16-17,20,22,24,27,33-34,37H,3-15,18-19,21,23,25-26,28-32H2,1-2H3,(H2,40,41,42)/b17-16+,22-20+,27-24+/t33?,34-/m1/s1. The van der Waals surface area contributed by atoms with Crippen molar-refractivity contribution in [3.63, 3.8) is 0 Å². The molecule has 0 saturated carbocycles. The minimum Gasteiger partial charge on any atom is -0.462 e. The van der Waals surface area contributed by atoms with Crippen molar-refractivity contribution >= 4 is 19.8 Å². The van der Waals surface area contributed by atoms with E-state index in [9.17, 15) is 19.3 Å². The molecule has 0 saturated heterocycles. The fourth-order valence-corrected chi connectivity index (χ4v) is 5.15. The number of aliphatic hydroxyl groups excluding tert-OH is 1. The van der Waals surface area contributed by atoms with Crippen LogP contribution in [0.5, 0.6) is 0 Å². The van der Waals surface area contributed by atoms with Gasteiger partial charge >= 0.3 is 19.8 Å². The van der Waals surface area contributed by atoms with Gasteiger partial charge in [0.05, 0.1) is 12.7 Å². The predicted molar refractivity (Wildman–Crippen MR) is 185 cm³/mol. The molecular formula is C36H65O9P. The Morgan fingerprint density at radius 1 is 0.674 bits per heavy atom. The second kappa shape index (κ2) is 31.8. The second-order valence-electron chi connectivity index (χ2n) is 12.0. The number of hydrogen-bond donors (Lipinski definition) is 3. The van der Waals surface area contributed by atoms with Crippen LogP contribution in [0.4, 0.5) is 0 Å². The summed E-state index contributed by atoms with van der Waals surface area (Å²) >= 11 is 0. The van der Waals surface area contributed by atoms with E-state index in [-0.39, 0.29) is 19.4 Å². The van der Waals surface area contributed by atoms with Crippen LogP contribution in [-0.2, 0) is 28.2 Å². The summed E-state index contributed by atoms with van der Waals surface area (Å²) < 4.78 is 26.1. The van der Waals surface area contributed by atoms with Gasteiger partial charge in [0.15, 0.2) is 6.10 Å². The molecule has 2 atom stereocenters. The molecule has 0 rings (SSSR count). The molecular weight excluding hydrogens is 607 g/mol. The number of phosphoric acid groups is 1. The second-order valence-corrected chi connectivity index (χ2v) is 13.3. The third-order valence-corrected chi connectivity index (χ3v) is 8.00. The van der Waals surface area contributed by atoms with Gasteiger partial charge in [-0.15, -0.1) is 0 Å². The number of ether oxygens (including phenoxy) is 2. The monoisotopic (exact) mass is 672 g/mol. The van der Waals surface area contributed by atoms with E-state index in [0.717, 1.165) is 32.1 Å². The third-order valence-electron chi connectivity index (χ3n) is 7.52. The number of phosphoric ester groups is 1. The quantitative estimate of drug-likeness (QED) is 0.0210. The maximum atomic E-state index is 12.3. The number of carbonyl (C=O) groups is 2. The molecule has 0 bridgehead atoms. The molecule has 46 heavy (non-hydrogen) atoms. The van der Waals surface area contributed by atoms with Gasteiger partial charge in [-0.25, -0.2) is 4.57 Å². The number of unbranched alkanes of at least 4 members (excludes halogenated alkanes) is 15. The molecule has 0 aromatic carbocycles. The van der Waals surface area contributed by atoms with Crippen LogP contribution in [0, 0.1) is 0 Å². The average molecular weight is 673 g/mol. The molecule has 0 fully saturated rings. The van der Waals surface area contributed by atoms with Crippen molar-refractivity contribution in [1.82, 2.24) is 0 Å². The lowest BCUT2D eigenvalue weighted by Gasteiger charge is -2.18. The van der Waals surface area contributed by atoms with Gasteiger partial charge < -0.3 is 24.4 Å². The minimum atomic E-state index is -4.79. The number of rotatable bonds is 32. The van der Waals surface area contributed by atoms with Gasteiger partial charge in [-0.2, -0.15) is 0 Å². The van der Waals surface area contributed by atoms with Crippen molar-refractivity contribution in [2.75, 3.05) is 13.2 Å². The highest BCUT2D eigenvalue weighted by Gasteiger charge is 2.23. The first-order valence-corrected chi connectivity index (χ1v) is 19.4. The Balaban J connectivity index is 4.18. The molecule has 1 unspecified atom stereocenters. The van der Waals surface area contributed by atoms with Crippen molar-refractivity contribution in [1.29, 1.82) is 0 Å². The van der Waals surface area contributed by atoms with E-state index in [1.807, 2.05) is 12.2 Å². The molecule has 9 nitrogen and oxygen atoms in total. The van der Waals surface area contributed by atoms with Crippen molar-refractivity contribution in [2.24, 2.45) is 0 Å². The van der Waals surface area contributed by atoms with Gasteiger partial charge in [-0.1, -0.05) is 140 Å². The van der Waals surface area contributed by atoms with Crippen molar-refractivity contribution < 1.29 is 43.0 Å². The van der Waals surface area contributed by atoms with E-state index in [0.29, 0.717) is 19.3 Å². The number of esters is 2. The maximum absolute atomic E-state index is 12.3. The van der Waals surface area contributed by atoms with Crippen LogP contribution in [0.15, 0.2) is 36.5 Å². The van der Waals surface area contributed by atoms with Crippen molar-refractivity contribution in [2.45, 2.75) is 167 Å². The van der Waals surface area contributed by atoms with Crippen LogP contribution in [0.3, 0.4) is 0 Å². The topological polar surface area (TPSA) is 140 Å². The summed E-state index contributed by atoms with van der Waals surface area (Å²) in [4.78, 5) is 42.5. The van der Waals surface area contributed by atoms with Gasteiger partial charge in [-0.05, 0) is 38.5 Å². The van der Waals surface area contributed by atoms with Crippen LogP contribution < -0.4 is 0 Å². The Bertz CT molecular complexity index is 866. The Morgan fingerprint density at radius 2 is 1.24 bits per heavy atom. The molecule has 0 aliphatic carbocycles. The molecule has 0 spiro atoms. The van der Waals surface area contributed by atoms with Crippen LogP contribution in [-0.4, -0.2) is 52.3 Å². The zero-order valence-corrected chi connectivity index (χ0v) is 29.7. The SMILES string of the molecule is CCCCCCCC/C=C/C/C=C/C=C/C(O)CCCC(=O)OC[C@H](COP(=O)(O)O)OC(=O)CCCCCCCCCCCC. The molecule has 0 aliphatic rings. The first-order chi connectivity index (χ1) is 22.2. The lowest BCUT2D eigenvalue weighted by atomic mass is 10.1. The predicted octanol–water partition coefficient (Wildman–Crippen LogP) is 9.20.